The molecule has 0 aliphatic heterocycles. The SMILES string of the molecule is O=c1ncccn1CC1(CS)CCC1. The number of aromatic nitrogens is 2. The number of hydrogen-bond acceptors (Lipinski definition) is 3. The van der Waals surface area contributed by atoms with Gasteiger partial charge >= 0.3 is 5.69 Å². The summed E-state index contributed by atoms with van der Waals surface area (Å²) in [5.74, 6) is 0.855. The van der Waals surface area contributed by atoms with Crippen molar-refractivity contribution in [3.8, 4) is 0 Å². The Kier molecular flexibility index (Phi) is 2.63. The van der Waals surface area contributed by atoms with Gasteiger partial charge in [0, 0.05) is 18.9 Å². The van der Waals surface area contributed by atoms with Crippen molar-refractivity contribution in [3.05, 3.63) is 28.9 Å². The molecule has 0 amide bonds. The maximum atomic E-state index is 11.4. The minimum absolute atomic E-state index is 0.152. The topological polar surface area (TPSA) is 34.9 Å². The van der Waals surface area contributed by atoms with Crippen LogP contribution in [-0.2, 0) is 6.54 Å². The van der Waals surface area contributed by atoms with Gasteiger partial charge in [-0.15, -0.1) is 0 Å². The van der Waals surface area contributed by atoms with Crippen LogP contribution in [-0.4, -0.2) is 15.3 Å². The fourth-order valence-corrected chi connectivity index (χ4v) is 2.33. The van der Waals surface area contributed by atoms with Crippen molar-refractivity contribution in [2.45, 2.75) is 25.8 Å². The summed E-state index contributed by atoms with van der Waals surface area (Å²) in [6, 6.07) is 1.80. The van der Waals surface area contributed by atoms with Crippen molar-refractivity contribution < 1.29 is 0 Å². The highest BCUT2D eigenvalue weighted by Crippen LogP contribution is 2.42. The minimum Gasteiger partial charge on any atom is -0.299 e. The van der Waals surface area contributed by atoms with E-state index < -0.39 is 0 Å². The molecule has 3 nitrogen and oxygen atoms in total. The van der Waals surface area contributed by atoms with Gasteiger partial charge in [0.25, 0.3) is 0 Å². The minimum atomic E-state index is -0.152. The monoisotopic (exact) mass is 210 g/mol. The second kappa shape index (κ2) is 3.77. The van der Waals surface area contributed by atoms with Gasteiger partial charge in [-0.25, -0.2) is 9.78 Å². The van der Waals surface area contributed by atoms with E-state index in [0.717, 1.165) is 12.3 Å². The maximum Gasteiger partial charge on any atom is 0.347 e. The van der Waals surface area contributed by atoms with Crippen LogP contribution in [0.4, 0.5) is 0 Å². The summed E-state index contributed by atoms with van der Waals surface area (Å²) >= 11 is 4.36. The van der Waals surface area contributed by atoms with Crippen LogP contribution in [0.25, 0.3) is 0 Å². The molecule has 1 saturated carbocycles. The van der Waals surface area contributed by atoms with E-state index in [-0.39, 0.29) is 11.1 Å². The Morgan fingerprint density at radius 2 is 2.36 bits per heavy atom. The molecule has 0 aromatic carbocycles. The average molecular weight is 210 g/mol. The first-order valence-corrected chi connectivity index (χ1v) is 5.51. The third-order valence-electron chi connectivity index (χ3n) is 3.04. The summed E-state index contributed by atoms with van der Waals surface area (Å²) in [6.45, 7) is 0.767. The van der Waals surface area contributed by atoms with Crippen molar-refractivity contribution in [3.63, 3.8) is 0 Å². The van der Waals surface area contributed by atoms with Gasteiger partial charge in [-0.3, -0.25) is 4.57 Å². The molecule has 76 valence electrons. The molecule has 14 heavy (non-hydrogen) atoms. The van der Waals surface area contributed by atoms with Gasteiger partial charge < -0.3 is 0 Å². The molecule has 0 radical (unpaired) electrons. The van der Waals surface area contributed by atoms with Crippen LogP contribution in [0.2, 0.25) is 0 Å². The second-order valence-electron chi connectivity index (χ2n) is 4.04. The highest BCUT2D eigenvalue weighted by atomic mass is 32.1. The quantitative estimate of drug-likeness (QED) is 0.764. The Bertz CT molecular complexity index is 365. The van der Waals surface area contributed by atoms with Crippen LogP contribution in [0.15, 0.2) is 23.3 Å². The zero-order valence-electron chi connectivity index (χ0n) is 8.02. The van der Waals surface area contributed by atoms with Crippen molar-refractivity contribution in [1.82, 2.24) is 9.55 Å². The van der Waals surface area contributed by atoms with Crippen LogP contribution in [0, 0.1) is 5.41 Å². The molecule has 0 unspecified atom stereocenters. The fourth-order valence-electron chi connectivity index (χ4n) is 1.91. The van der Waals surface area contributed by atoms with E-state index in [1.807, 2.05) is 0 Å². The van der Waals surface area contributed by atoms with Crippen LogP contribution in [0.3, 0.4) is 0 Å². The van der Waals surface area contributed by atoms with Crippen molar-refractivity contribution >= 4 is 12.6 Å². The molecule has 0 spiro atoms. The first-order valence-electron chi connectivity index (χ1n) is 4.88. The molecule has 1 aliphatic carbocycles. The number of thiol groups is 1. The summed E-state index contributed by atoms with van der Waals surface area (Å²) in [5.41, 5.74) is 0.0937. The van der Waals surface area contributed by atoms with Crippen molar-refractivity contribution in [1.29, 1.82) is 0 Å². The summed E-state index contributed by atoms with van der Waals surface area (Å²) in [5, 5.41) is 0. The van der Waals surface area contributed by atoms with Gasteiger partial charge in [0.05, 0.1) is 0 Å². The molecular weight excluding hydrogens is 196 g/mol. The summed E-state index contributed by atoms with van der Waals surface area (Å²) < 4.78 is 1.69. The van der Waals surface area contributed by atoms with Gasteiger partial charge in [0.2, 0.25) is 0 Å². The summed E-state index contributed by atoms with van der Waals surface area (Å²) in [4.78, 5) is 15.1. The Morgan fingerprint density at radius 3 is 2.86 bits per heavy atom. The largest absolute Gasteiger partial charge is 0.347 e. The van der Waals surface area contributed by atoms with E-state index in [1.165, 1.54) is 25.5 Å². The van der Waals surface area contributed by atoms with Gasteiger partial charge in [-0.2, -0.15) is 12.6 Å². The molecule has 0 bridgehead atoms. The zero-order chi connectivity index (χ0) is 10.0. The lowest BCUT2D eigenvalue weighted by molar-refractivity contribution is 0.136. The van der Waals surface area contributed by atoms with Crippen LogP contribution < -0.4 is 5.69 Å². The van der Waals surface area contributed by atoms with E-state index >= 15 is 0 Å². The van der Waals surface area contributed by atoms with E-state index in [0.29, 0.717) is 0 Å². The summed E-state index contributed by atoms with van der Waals surface area (Å²) in [6.07, 6.45) is 6.96. The smallest absolute Gasteiger partial charge is 0.299 e. The predicted molar refractivity (Wildman–Crippen MR) is 58.6 cm³/mol. The number of hydrogen-bond donors (Lipinski definition) is 1. The molecular formula is C10H14N2OS. The molecule has 0 N–H and O–H groups in total. The fraction of sp³-hybridized carbons (Fsp3) is 0.600. The molecule has 4 heteroatoms. The third kappa shape index (κ3) is 1.71. The molecule has 1 aliphatic rings. The normalized spacial score (nSPS) is 18.9. The van der Waals surface area contributed by atoms with Crippen LogP contribution in [0.1, 0.15) is 19.3 Å². The lowest BCUT2D eigenvalue weighted by atomic mass is 9.70. The standard InChI is InChI=1S/C10H14N2OS/c13-9-11-5-2-6-12(9)7-10(8-14)3-1-4-10/h2,5-6,14H,1,3-4,7-8H2. The van der Waals surface area contributed by atoms with Gasteiger partial charge in [-0.05, 0) is 30.1 Å². The average Bonchev–Trinajstić information content (AvgIpc) is 2.14. The van der Waals surface area contributed by atoms with Gasteiger partial charge in [-0.1, -0.05) is 6.42 Å². The lowest BCUT2D eigenvalue weighted by Gasteiger charge is -2.40. The van der Waals surface area contributed by atoms with Crippen molar-refractivity contribution in [2.24, 2.45) is 5.41 Å². The molecule has 0 atom stereocenters. The first kappa shape index (κ1) is 9.77. The summed E-state index contributed by atoms with van der Waals surface area (Å²) in [7, 11) is 0. The van der Waals surface area contributed by atoms with Gasteiger partial charge in [0.15, 0.2) is 0 Å². The molecule has 1 aromatic heterocycles. The Hall–Kier alpha value is -0.770. The highest BCUT2D eigenvalue weighted by molar-refractivity contribution is 7.80. The Morgan fingerprint density at radius 1 is 1.57 bits per heavy atom. The van der Waals surface area contributed by atoms with E-state index in [9.17, 15) is 4.79 Å². The molecule has 0 saturated heterocycles. The van der Waals surface area contributed by atoms with Crippen LogP contribution >= 0.6 is 12.6 Å². The highest BCUT2D eigenvalue weighted by Gasteiger charge is 2.36. The van der Waals surface area contributed by atoms with Crippen molar-refractivity contribution in [2.75, 3.05) is 5.75 Å². The number of rotatable bonds is 3. The van der Waals surface area contributed by atoms with E-state index in [1.54, 1.807) is 16.8 Å². The van der Waals surface area contributed by atoms with E-state index in [4.69, 9.17) is 0 Å². The Labute approximate surface area is 88.6 Å². The maximum absolute atomic E-state index is 11.4. The third-order valence-corrected chi connectivity index (χ3v) is 3.71. The molecule has 2 rings (SSSR count). The van der Waals surface area contributed by atoms with Crippen LogP contribution in [0.5, 0.6) is 0 Å². The van der Waals surface area contributed by atoms with E-state index in [2.05, 4.69) is 17.6 Å². The van der Waals surface area contributed by atoms with Gasteiger partial charge in [0.1, 0.15) is 0 Å². The first-order chi connectivity index (χ1) is 6.76. The molecule has 1 fully saturated rings. The second-order valence-corrected chi connectivity index (χ2v) is 4.36. The Balaban J connectivity index is 2.18. The zero-order valence-corrected chi connectivity index (χ0v) is 8.91. The molecule has 1 heterocycles. The number of nitrogens with zero attached hydrogens (tertiary/aromatic N) is 2. The predicted octanol–water partition coefficient (Wildman–Crippen LogP) is 1.34. The lowest BCUT2D eigenvalue weighted by Crippen LogP contribution is -2.39. The molecule has 1 aromatic rings.